The first-order valence-corrected chi connectivity index (χ1v) is 21.5. The summed E-state index contributed by atoms with van der Waals surface area (Å²) < 4.78 is 8.90. The Hall–Kier alpha value is -7.72. The number of thiophene rings is 1. The number of furan rings is 1. The van der Waals surface area contributed by atoms with Crippen molar-refractivity contribution in [1.82, 2.24) is 0 Å². The number of benzene rings is 10. The molecular weight excluding hydrogens is 759 g/mol. The topological polar surface area (TPSA) is 16.4 Å². The third kappa shape index (κ3) is 6.18. The van der Waals surface area contributed by atoms with Crippen LogP contribution in [0.15, 0.2) is 229 Å². The molecule has 2 heterocycles. The Morgan fingerprint density at radius 1 is 0.328 bits per heavy atom. The van der Waals surface area contributed by atoms with E-state index < -0.39 is 0 Å². The first-order chi connectivity index (χ1) is 30.2. The molecule has 0 saturated carbocycles. The Morgan fingerprint density at radius 2 is 0.902 bits per heavy atom. The molecule has 2 nitrogen and oxygen atoms in total. The number of nitrogens with zero attached hydrogens (tertiary/aromatic N) is 1. The van der Waals surface area contributed by atoms with Crippen LogP contribution in [0, 0.1) is 0 Å². The van der Waals surface area contributed by atoms with E-state index in [-0.39, 0.29) is 0 Å². The summed E-state index contributed by atoms with van der Waals surface area (Å²) in [7, 11) is 0. The summed E-state index contributed by atoms with van der Waals surface area (Å²) >= 11 is 1.88. The highest BCUT2D eigenvalue weighted by Crippen LogP contribution is 2.45. The van der Waals surface area contributed by atoms with E-state index in [4.69, 9.17) is 4.42 Å². The first-order valence-electron chi connectivity index (χ1n) is 20.7. The average molecular weight is 796 g/mol. The van der Waals surface area contributed by atoms with Gasteiger partial charge in [-0.25, -0.2) is 0 Å². The van der Waals surface area contributed by atoms with Crippen molar-refractivity contribution in [2.24, 2.45) is 0 Å². The van der Waals surface area contributed by atoms with E-state index in [2.05, 4.69) is 217 Å². The molecule has 0 unspecified atom stereocenters. The molecule has 286 valence electrons. The van der Waals surface area contributed by atoms with Crippen LogP contribution in [-0.4, -0.2) is 0 Å². The van der Waals surface area contributed by atoms with Gasteiger partial charge < -0.3 is 9.32 Å². The number of hydrogen-bond acceptors (Lipinski definition) is 3. The summed E-state index contributed by atoms with van der Waals surface area (Å²) in [4.78, 5) is 2.42. The molecule has 0 spiro atoms. The zero-order chi connectivity index (χ0) is 40.3. The Labute approximate surface area is 357 Å². The van der Waals surface area contributed by atoms with E-state index in [9.17, 15) is 0 Å². The standard InChI is InChI=1S/C58H37NOS/c1-2-14-39-33-43(30-29-38(39)13-1)42-17-11-20-47(36-42)59(54-26-6-3-21-48(54)45-31-32-56-53(37-45)50-22-4-7-27-55(50)60-56)46-19-10-16-41(35-46)40-15-9-18-44(34-40)49-24-12-25-52-51-23-5-8-28-57(51)61-58(49)52/h1-37H. The lowest BCUT2D eigenvalue weighted by Crippen LogP contribution is -2.11. The first kappa shape index (κ1) is 35.2. The SMILES string of the molecule is c1cc(-c2cccc(N(c3cccc(-c4ccc5ccccc5c4)c3)c3ccccc3-c3ccc4oc5ccccc5c4c3)c2)cc(-c2cccc3c2sc2ccccc23)c1. The van der Waals surface area contributed by atoms with Gasteiger partial charge in [-0.05, 0) is 116 Å². The van der Waals surface area contributed by atoms with Gasteiger partial charge in [0.25, 0.3) is 0 Å². The normalized spacial score (nSPS) is 11.6. The van der Waals surface area contributed by atoms with Gasteiger partial charge in [-0.1, -0.05) is 158 Å². The van der Waals surface area contributed by atoms with E-state index in [1.165, 1.54) is 53.2 Å². The van der Waals surface area contributed by atoms with Crippen molar-refractivity contribution in [1.29, 1.82) is 0 Å². The third-order valence-electron chi connectivity index (χ3n) is 12.0. The fourth-order valence-corrected chi connectivity index (χ4v) is 10.3. The van der Waals surface area contributed by atoms with Crippen molar-refractivity contribution in [3.05, 3.63) is 224 Å². The maximum atomic E-state index is 6.26. The molecule has 0 bridgehead atoms. The molecule has 12 rings (SSSR count). The molecular formula is C58H37NOS. The number of fused-ring (bicyclic) bond motifs is 7. The zero-order valence-corrected chi connectivity index (χ0v) is 33.9. The van der Waals surface area contributed by atoms with Crippen molar-refractivity contribution < 1.29 is 4.42 Å². The van der Waals surface area contributed by atoms with E-state index in [0.717, 1.165) is 61.3 Å². The number of para-hydroxylation sites is 2. The van der Waals surface area contributed by atoms with Gasteiger partial charge >= 0.3 is 0 Å². The van der Waals surface area contributed by atoms with Crippen LogP contribution in [0.2, 0.25) is 0 Å². The largest absolute Gasteiger partial charge is 0.456 e. The summed E-state index contributed by atoms with van der Waals surface area (Å²) in [5.41, 5.74) is 14.5. The second-order valence-electron chi connectivity index (χ2n) is 15.7. The van der Waals surface area contributed by atoms with Gasteiger partial charge in [-0.15, -0.1) is 11.3 Å². The predicted molar refractivity (Wildman–Crippen MR) is 261 cm³/mol. The maximum Gasteiger partial charge on any atom is 0.135 e. The molecule has 0 aliphatic carbocycles. The number of rotatable bonds is 7. The lowest BCUT2D eigenvalue weighted by Gasteiger charge is -2.29. The summed E-state index contributed by atoms with van der Waals surface area (Å²) in [6.45, 7) is 0. The van der Waals surface area contributed by atoms with E-state index >= 15 is 0 Å². The van der Waals surface area contributed by atoms with Crippen LogP contribution in [0.25, 0.3) is 97.4 Å². The van der Waals surface area contributed by atoms with Gasteiger partial charge in [0, 0.05) is 47.9 Å². The second-order valence-corrected chi connectivity index (χ2v) is 16.7. The van der Waals surface area contributed by atoms with E-state index in [1.54, 1.807) is 0 Å². The van der Waals surface area contributed by atoms with Crippen molar-refractivity contribution >= 4 is 81.3 Å². The average Bonchev–Trinajstić information content (AvgIpc) is 3.90. The lowest BCUT2D eigenvalue weighted by atomic mass is 9.96. The molecule has 0 saturated heterocycles. The molecule has 12 aromatic rings. The van der Waals surface area contributed by atoms with E-state index in [0.29, 0.717) is 0 Å². The molecule has 0 amide bonds. The van der Waals surface area contributed by atoms with Crippen molar-refractivity contribution in [2.75, 3.05) is 4.90 Å². The molecule has 61 heavy (non-hydrogen) atoms. The summed E-state index contributed by atoms with van der Waals surface area (Å²) in [6.07, 6.45) is 0. The van der Waals surface area contributed by atoms with Crippen LogP contribution in [0.4, 0.5) is 17.1 Å². The molecule has 0 atom stereocenters. The molecule has 0 radical (unpaired) electrons. The van der Waals surface area contributed by atoms with Crippen LogP contribution in [0.3, 0.4) is 0 Å². The molecule has 0 aliphatic rings. The molecule has 0 aliphatic heterocycles. The van der Waals surface area contributed by atoms with Gasteiger partial charge in [-0.2, -0.15) is 0 Å². The highest BCUT2D eigenvalue weighted by atomic mass is 32.1. The molecule has 0 N–H and O–H groups in total. The quantitative estimate of drug-likeness (QED) is 0.160. The van der Waals surface area contributed by atoms with Crippen molar-refractivity contribution in [2.45, 2.75) is 0 Å². The Bertz CT molecular complexity index is 3630. The third-order valence-corrected chi connectivity index (χ3v) is 13.3. The highest BCUT2D eigenvalue weighted by molar-refractivity contribution is 7.26. The minimum absolute atomic E-state index is 0.890. The minimum Gasteiger partial charge on any atom is -0.456 e. The Balaban J connectivity index is 1.01. The zero-order valence-electron chi connectivity index (χ0n) is 33.1. The van der Waals surface area contributed by atoms with E-state index in [1.807, 2.05) is 23.5 Å². The number of anilines is 3. The summed E-state index contributed by atoms with van der Waals surface area (Å²) in [6, 6.07) is 81.4. The smallest absolute Gasteiger partial charge is 0.135 e. The Morgan fingerprint density at radius 3 is 1.75 bits per heavy atom. The number of hydrogen-bond donors (Lipinski definition) is 0. The predicted octanol–water partition coefficient (Wildman–Crippen LogP) is 17.2. The second kappa shape index (κ2) is 14.5. The minimum atomic E-state index is 0.890. The van der Waals surface area contributed by atoms with Gasteiger partial charge in [0.15, 0.2) is 0 Å². The summed E-state index contributed by atoms with van der Waals surface area (Å²) in [5.74, 6) is 0. The molecule has 3 heteroatoms. The lowest BCUT2D eigenvalue weighted by molar-refractivity contribution is 0.669. The monoisotopic (exact) mass is 795 g/mol. The van der Waals surface area contributed by atoms with Crippen LogP contribution in [0.5, 0.6) is 0 Å². The van der Waals surface area contributed by atoms with Crippen LogP contribution in [-0.2, 0) is 0 Å². The van der Waals surface area contributed by atoms with Crippen molar-refractivity contribution in [3.8, 4) is 44.5 Å². The molecule has 0 fully saturated rings. The van der Waals surface area contributed by atoms with Crippen LogP contribution < -0.4 is 4.90 Å². The van der Waals surface area contributed by atoms with Gasteiger partial charge in [0.2, 0.25) is 0 Å². The van der Waals surface area contributed by atoms with Gasteiger partial charge in [0.1, 0.15) is 11.2 Å². The fourth-order valence-electron chi connectivity index (χ4n) is 9.09. The fraction of sp³-hybridized carbons (Fsp3) is 0. The van der Waals surface area contributed by atoms with Gasteiger partial charge in [0.05, 0.1) is 5.69 Å². The van der Waals surface area contributed by atoms with Gasteiger partial charge in [-0.3, -0.25) is 0 Å². The van der Waals surface area contributed by atoms with Crippen LogP contribution in [0.1, 0.15) is 0 Å². The summed E-state index contributed by atoms with van der Waals surface area (Å²) in [5, 5.41) is 7.33. The molecule has 10 aromatic carbocycles. The molecule has 2 aromatic heterocycles. The van der Waals surface area contributed by atoms with Crippen molar-refractivity contribution in [3.63, 3.8) is 0 Å². The highest BCUT2D eigenvalue weighted by Gasteiger charge is 2.20. The maximum absolute atomic E-state index is 6.26. The van der Waals surface area contributed by atoms with Crippen LogP contribution >= 0.6 is 11.3 Å². The Kier molecular flexibility index (Phi) is 8.39.